The zero-order chi connectivity index (χ0) is 17.3. The second-order valence-corrected chi connectivity index (χ2v) is 6.31. The maximum atomic E-state index is 12.4. The SMILES string of the molecule is CC(=O)c1cc2c(cc1NC(=O)CN1C[C@@H](C)O[C@@H](C)C1)OCO2. The van der Waals surface area contributed by atoms with Crippen molar-refractivity contribution in [2.24, 2.45) is 0 Å². The van der Waals surface area contributed by atoms with Gasteiger partial charge in [-0.1, -0.05) is 0 Å². The second kappa shape index (κ2) is 6.78. The summed E-state index contributed by atoms with van der Waals surface area (Å²) in [7, 11) is 0. The Balaban J connectivity index is 1.71. The van der Waals surface area contributed by atoms with Gasteiger partial charge in [0, 0.05) is 24.7 Å². The molecule has 0 aliphatic carbocycles. The number of hydrogen-bond donors (Lipinski definition) is 1. The number of morpholine rings is 1. The van der Waals surface area contributed by atoms with Crippen molar-refractivity contribution in [2.45, 2.75) is 33.0 Å². The molecule has 2 aliphatic rings. The van der Waals surface area contributed by atoms with Crippen LogP contribution in [0.4, 0.5) is 5.69 Å². The molecule has 130 valence electrons. The molecule has 2 aliphatic heterocycles. The van der Waals surface area contributed by atoms with Gasteiger partial charge in [0.05, 0.1) is 24.4 Å². The van der Waals surface area contributed by atoms with E-state index in [-0.39, 0.29) is 37.2 Å². The molecule has 3 rings (SSSR count). The number of anilines is 1. The molecule has 0 unspecified atom stereocenters. The fourth-order valence-electron chi connectivity index (χ4n) is 3.14. The summed E-state index contributed by atoms with van der Waals surface area (Å²) in [6.45, 7) is 7.23. The largest absolute Gasteiger partial charge is 0.454 e. The van der Waals surface area contributed by atoms with E-state index in [2.05, 4.69) is 10.2 Å². The van der Waals surface area contributed by atoms with Crippen LogP contribution in [0.2, 0.25) is 0 Å². The van der Waals surface area contributed by atoms with E-state index >= 15 is 0 Å². The minimum Gasteiger partial charge on any atom is -0.454 e. The molecule has 0 bridgehead atoms. The zero-order valence-corrected chi connectivity index (χ0v) is 14.1. The third-order valence-electron chi connectivity index (χ3n) is 4.03. The standard InChI is InChI=1S/C17H22N2O5/c1-10-6-19(7-11(2)24-10)8-17(21)18-14-5-16-15(22-9-23-16)4-13(14)12(3)20/h4-5,10-11H,6-9H2,1-3H3,(H,18,21)/t10-,11+. The molecule has 1 fully saturated rings. The molecular weight excluding hydrogens is 312 g/mol. The van der Waals surface area contributed by atoms with Crippen LogP contribution in [-0.2, 0) is 9.53 Å². The van der Waals surface area contributed by atoms with E-state index < -0.39 is 0 Å². The highest BCUT2D eigenvalue weighted by Gasteiger charge is 2.25. The fourth-order valence-corrected chi connectivity index (χ4v) is 3.14. The number of ketones is 1. The van der Waals surface area contributed by atoms with Gasteiger partial charge in [0.2, 0.25) is 12.7 Å². The smallest absolute Gasteiger partial charge is 0.238 e. The van der Waals surface area contributed by atoms with Crippen LogP contribution in [-0.4, -0.2) is 55.2 Å². The first-order chi connectivity index (χ1) is 11.4. The molecule has 1 amide bonds. The summed E-state index contributed by atoms with van der Waals surface area (Å²) in [6, 6.07) is 3.25. The first-order valence-electron chi connectivity index (χ1n) is 8.04. The Morgan fingerprint density at radius 2 is 1.79 bits per heavy atom. The number of rotatable bonds is 4. The van der Waals surface area contributed by atoms with E-state index in [4.69, 9.17) is 14.2 Å². The van der Waals surface area contributed by atoms with Gasteiger partial charge in [0.1, 0.15) is 0 Å². The van der Waals surface area contributed by atoms with E-state index in [1.165, 1.54) is 6.92 Å². The van der Waals surface area contributed by atoms with Crippen LogP contribution in [0.1, 0.15) is 31.1 Å². The lowest BCUT2D eigenvalue weighted by molar-refractivity contribution is -0.121. The third kappa shape index (κ3) is 3.68. The number of benzene rings is 1. The molecule has 7 nitrogen and oxygen atoms in total. The molecular formula is C17H22N2O5. The van der Waals surface area contributed by atoms with Crippen LogP contribution in [0.25, 0.3) is 0 Å². The second-order valence-electron chi connectivity index (χ2n) is 6.31. The number of ether oxygens (including phenoxy) is 3. The van der Waals surface area contributed by atoms with Crippen molar-refractivity contribution in [3.8, 4) is 11.5 Å². The quantitative estimate of drug-likeness (QED) is 0.844. The molecule has 24 heavy (non-hydrogen) atoms. The van der Waals surface area contributed by atoms with E-state index in [9.17, 15) is 9.59 Å². The van der Waals surface area contributed by atoms with E-state index in [1.54, 1.807) is 12.1 Å². The first kappa shape index (κ1) is 16.7. The van der Waals surface area contributed by atoms with Gasteiger partial charge in [-0.15, -0.1) is 0 Å². The minimum atomic E-state index is -0.169. The van der Waals surface area contributed by atoms with Gasteiger partial charge >= 0.3 is 0 Å². The highest BCUT2D eigenvalue weighted by Crippen LogP contribution is 2.37. The summed E-state index contributed by atoms with van der Waals surface area (Å²) in [5, 5.41) is 2.82. The van der Waals surface area contributed by atoms with E-state index in [0.717, 1.165) is 0 Å². The summed E-state index contributed by atoms with van der Waals surface area (Å²) in [5.41, 5.74) is 0.863. The number of Topliss-reactive ketones (excluding diaryl/α,β-unsaturated/α-hetero) is 1. The van der Waals surface area contributed by atoms with Gasteiger partial charge in [-0.2, -0.15) is 0 Å². The molecule has 1 aromatic carbocycles. The summed E-state index contributed by atoms with van der Waals surface area (Å²) >= 11 is 0. The molecule has 0 spiro atoms. The third-order valence-corrected chi connectivity index (χ3v) is 4.03. The molecule has 0 aromatic heterocycles. The number of nitrogens with zero attached hydrogens (tertiary/aromatic N) is 1. The van der Waals surface area contributed by atoms with Crippen molar-refractivity contribution < 1.29 is 23.8 Å². The number of hydrogen-bond acceptors (Lipinski definition) is 6. The molecule has 1 saturated heterocycles. The van der Waals surface area contributed by atoms with Crippen molar-refractivity contribution in [2.75, 3.05) is 31.7 Å². The van der Waals surface area contributed by atoms with E-state index in [1.807, 2.05) is 13.8 Å². The Morgan fingerprint density at radius 1 is 1.17 bits per heavy atom. The van der Waals surface area contributed by atoms with Gasteiger partial charge in [0.25, 0.3) is 0 Å². The Morgan fingerprint density at radius 3 is 2.42 bits per heavy atom. The lowest BCUT2D eigenvalue weighted by atomic mass is 10.1. The van der Waals surface area contributed by atoms with Crippen LogP contribution in [0.5, 0.6) is 11.5 Å². The van der Waals surface area contributed by atoms with Crippen molar-refractivity contribution in [1.82, 2.24) is 4.90 Å². The van der Waals surface area contributed by atoms with Gasteiger partial charge in [0.15, 0.2) is 17.3 Å². The predicted octanol–water partition coefficient (Wildman–Crippen LogP) is 1.67. The van der Waals surface area contributed by atoms with Gasteiger partial charge in [-0.3, -0.25) is 14.5 Å². The Kier molecular flexibility index (Phi) is 4.73. The first-order valence-corrected chi connectivity index (χ1v) is 8.04. The maximum absolute atomic E-state index is 12.4. The number of nitrogens with one attached hydrogen (secondary N) is 1. The van der Waals surface area contributed by atoms with Crippen LogP contribution in [0.15, 0.2) is 12.1 Å². The van der Waals surface area contributed by atoms with Crippen molar-refractivity contribution in [1.29, 1.82) is 0 Å². The summed E-state index contributed by atoms with van der Waals surface area (Å²) in [5.74, 6) is 0.743. The van der Waals surface area contributed by atoms with Gasteiger partial charge < -0.3 is 19.5 Å². The summed E-state index contributed by atoms with van der Waals surface area (Å²) in [6.07, 6.45) is 0.194. The van der Waals surface area contributed by atoms with Gasteiger partial charge in [-0.05, 0) is 26.8 Å². The average Bonchev–Trinajstić information content (AvgIpc) is 2.92. The zero-order valence-electron chi connectivity index (χ0n) is 14.1. The van der Waals surface area contributed by atoms with Crippen LogP contribution in [0, 0.1) is 0 Å². The van der Waals surface area contributed by atoms with Crippen LogP contribution in [0.3, 0.4) is 0 Å². The normalized spacial score (nSPS) is 23.1. The molecule has 2 heterocycles. The van der Waals surface area contributed by atoms with Crippen LogP contribution < -0.4 is 14.8 Å². The highest BCUT2D eigenvalue weighted by molar-refractivity contribution is 6.05. The lowest BCUT2D eigenvalue weighted by Gasteiger charge is -2.34. The summed E-state index contributed by atoms with van der Waals surface area (Å²) in [4.78, 5) is 26.3. The number of carbonyl (C=O) groups excluding carboxylic acids is 2. The Hall–Kier alpha value is -2.12. The van der Waals surface area contributed by atoms with Crippen molar-refractivity contribution in [3.05, 3.63) is 17.7 Å². The van der Waals surface area contributed by atoms with Crippen molar-refractivity contribution >= 4 is 17.4 Å². The molecule has 1 aromatic rings. The molecule has 0 saturated carbocycles. The number of fused-ring (bicyclic) bond motifs is 1. The van der Waals surface area contributed by atoms with E-state index in [0.29, 0.717) is 35.8 Å². The Bertz CT molecular complexity index is 651. The molecule has 0 radical (unpaired) electrons. The molecule has 2 atom stereocenters. The summed E-state index contributed by atoms with van der Waals surface area (Å²) < 4.78 is 16.3. The van der Waals surface area contributed by atoms with Gasteiger partial charge in [-0.25, -0.2) is 0 Å². The average molecular weight is 334 g/mol. The number of carbonyl (C=O) groups is 2. The van der Waals surface area contributed by atoms with Crippen molar-refractivity contribution in [3.63, 3.8) is 0 Å². The maximum Gasteiger partial charge on any atom is 0.238 e. The molecule has 1 N–H and O–H groups in total. The van der Waals surface area contributed by atoms with Crippen LogP contribution >= 0.6 is 0 Å². The highest BCUT2D eigenvalue weighted by atomic mass is 16.7. The number of amides is 1. The molecule has 7 heteroatoms. The fraction of sp³-hybridized carbons (Fsp3) is 0.529. The lowest BCUT2D eigenvalue weighted by Crippen LogP contribution is -2.48. The monoisotopic (exact) mass is 334 g/mol. The minimum absolute atomic E-state index is 0.0971. The predicted molar refractivity (Wildman–Crippen MR) is 87.6 cm³/mol. The Labute approximate surface area is 140 Å². The topological polar surface area (TPSA) is 77.1 Å².